The van der Waals surface area contributed by atoms with Gasteiger partial charge in [0.05, 0.1) is 13.0 Å². The maximum atomic E-state index is 12.1. The molecule has 0 fully saturated rings. The van der Waals surface area contributed by atoms with Gasteiger partial charge >= 0.3 is 5.97 Å². The standard InChI is InChI=1S/C15H19N2O2/c1-3-14(13-7-5-4-6-8-13)15(18)19-12-17-10-9-16(2)11-17/h4-11,14H,3,12H2,1-2H3/q+1. The van der Waals surface area contributed by atoms with Crippen LogP contribution in [-0.4, -0.2) is 10.5 Å². The van der Waals surface area contributed by atoms with Crippen molar-refractivity contribution in [3.05, 3.63) is 54.6 Å². The highest BCUT2D eigenvalue weighted by molar-refractivity contribution is 5.77. The predicted molar refractivity (Wildman–Crippen MR) is 71.2 cm³/mol. The number of hydrogen-bond acceptors (Lipinski definition) is 2. The normalized spacial score (nSPS) is 12.1. The maximum Gasteiger partial charge on any atom is 0.316 e. The van der Waals surface area contributed by atoms with E-state index in [1.807, 2.05) is 72.2 Å². The maximum absolute atomic E-state index is 12.1. The van der Waals surface area contributed by atoms with Crippen molar-refractivity contribution in [1.82, 2.24) is 4.57 Å². The molecule has 4 nitrogen and oxygen atoms in total. The van der Waals surface area contributed by atoms with Crippen molar-refractivity contribution >= 4 is 5.97 Å². The number of aryl methyl sites for hydroxylation is 1. The molecule has 1 heterocycles. The molecule has 0 saturated heterocycles. The summed E-state index contributed by atoms with van der Waals surface area (Å²) in [7, 11) is 1.93. The SMILES string of the molecule is CCC(C(=O)OCn1cc[n+](C)c1)c1ccccc1. The molecule has 1 aromatic heterocycles. The Morgan fingerprint density at radius 3 is 2.68 bits per heavy atom. The smallest absolute Gasteiger partial charge is 0.316 e. The van der Waals surface area contributed by atoms with Crippen molar-refractivity contribution in [2.75, 3.05) is 0 Å². The lowest BCUT2D eigenvalue weighted by atomic mass is 9.97. The number of carbonyl (C=O) groups is 1. The van der Waals surface area contributed by atoms with E-state index < -0.39 is 0 Å². The number of nitrogens with zero attached hydrogens (tertiary/aromatic N) is 2. The van der Waals surface area contributed by atoms with Gasteiger partial charge < -0.3 is 4.74 Å². The van der Waals surface area contributed by atoms with Crippen LogP contribution in [0.5, 0.6) is 0 Å². The summed E-state index contributed by atoms with van der Waals surface area (Å²) in [6.45, 7) is 2.25. The monoisotopic (exact) mass is 259 g/mol. The molecule has 0 amide bonds. The van der Waals surface area contributed by atoms with E-state index in [4.69, 9.17) is 4.74 Å². The summed E-state index contributed by atoms with van der Waals surface area (Å²) in [6, 6.07) is 9.76. The van der Waals surface area contributed by atoms with Crippen molar-refractivity contribution in [2.24, 2.45) is 7.05 Å². The molecule has 0 bridgehead atoms. The molecule has 0 saturated carbocycles. The molecule has 2 aromatic rings. The number of ether oxygens (including phenoxy) is 1. The van der Waals surface area contributed by atoms with E-state index in [2.05, 4.69) is 0 Å². The number of esters is 1. The van der Waals surface area contributed by atoms with Gasteiger partial charge in [-0.15, -0.1) is 0 Å². The number of rotatable bonds is 5. The lowest BCUT2D eigenvalue weighted by molar-refractivity contribution is -0.671. The number of aromatic nitrogens is 2. The predicted octanol–water partition coefficient (Wildman–Crippen LogP) is 2.01. The molecule has 100 valence electrons. The second-order valence-electron chi connectivity index (χ2n) is 4.56. The fourth-order valence-electron chi connectivity index (χ4n) is 2.04. The summed E-state index contributed by atoms with van der Waals surface area (Å²) in [5.41, 5.74) is 1.01. The minimum atomic E-state index is -0.189. The Hall–Kier alpha value is -2.10. The first-order valence-corrected chi connectivity index (χ1v) is 6.43. The van der Waals surface area contributed by atoms with Gasteiger partial charge in [0.2, 0.25) is 13.1 Å². The molecule has 0 radical (unpaired) electrons. The Labute approximate surface area is 113 Å². The average Bonchev–Trinajstić information content (AvgIpc) is 2.84. The fourth-order valence-corrected chi connectivity index (χ4v) is 2.04. The zero-order chi connectivity index (χ0) is 13.7. The Balaban J connectivity index is 1.98. The minimum absolute atomic E-state index is 0.176. The summed E-state index contributed by atoms with van der Waals surface area (Å²) < 4.78 is 9.09. The molecule has 0 aliphatic heterocycles. The molecule has 0 aliphatic rings. The molecule has 1 aromatic carbocycles. The highest BCUT2D eigenvalue weighted by Gasteiger charge is 2.20. The van der Waals surface area contributed by atoms with E-state index in [0.29, 0.717) is 0 Å². The Kier molecular flexibility index (Phi) is 4.34. The van der Waals surface area contributed by atoms with Crippen LogP contribution < -0.4 is 4.57 Å². The largest absolute Gasteiger partial charge is 0.424 e. The number of imidazole rings is 1. The minimum Gasteiger partial charge on any atom is -0.424 e. The van der Waals surface area contributed by atoms with Crippen LogP contribution in [0.3, 0.4) is 0 Å². The molecule has 0 aliphatic carbocycles. The number of hydrogen-bond donors (Lipinski definition) is 0. The zero-order valence-corrected chi connectivity index (χ0v) is 11.3. The van der Waals surface area contributed by atoms with Gasteiger partial charge in [-0.3, -0.25) is 4.79 Å². The number of carbonyl (C=O) groups excluding carboxylic acids is 1. The van der Waals surface area contributed by atoms with E-state index in [1.165, 1.54) is 0 Å². The van der Waals surface area contributed by atoms with Gasteiger partial charge in [-0.2, -0.15) is 0 Å². The van der Waals surface area contributed by atoms with Crippen molar-refractivity contribution in [1.29, 1.82) is 0 Å². The molecule has 0 spiro atoms. The van der Waals surface area contributed by atoms with Crippen molar-refractivity contribution in [2.45, 2.75) is 26.0 Å². The summed E-state index contributed by atoms with van der Waals surface area (Å²) in [4.78, 5) is 12.1. The van der Waals surface area contributed by atoms with E-state index in [-0.39, 0.29) is 18.6 Å². The Morgan fingerprint density at radius 2 is 2.11 bits per heavy atom. The Morgan fingerprint density at radius 1 is 1.37 bits per heavy atom. The fraction of sp³-hybridized carbons (Fsp3) is 0.333. The molecule has 0 N–H and O–H groups in total. The van der Waals surface area contributed by atoms with E-state index >= 15 is 0 Å². The summed E-state index contributed by atoms with van der Waals surface area (Å²) in [6.07, 6.45) is 6.39. The van der Waals surface area contributed by atoms with E-state index in [9.17, 15) is 4.79 Å². The lowest BCUT2D eigenvalue weighted by Gasteiger charge is -2.13. The third-order valence-corrected chi connectivity index (χ3v) is 3.07. The lowest BCUT2D eigenvalue weighted by Crippen LogP contribution is -2.24. The second-order valence-corrected chi connectivity index (χ2v) is 4.56. The van der Waals surface area contributed by atoms with Crippen LogP contribution >= 0.6 is 0 Å². The third kappa shape index (κ3) is 3.44. The topological polar surface area (TPSA) is 35.1 Å². The molecule has 1 unspecified atom stereocenters. The first-order valence-electron chi connectivity index (χ1n) is 6.43. The quantitative estimate of drug-likeness (QED) is 0.608. The molecule has 2 rings (SSSR count). The van der Waals surface area contributed by atoms with Crippen LogP contribution in [0.25, 0.3) is 0 Å². The first kappa shape index (κ1) is 13.3. The van der Waals surface area contributed by atoms with Crippen LogP contribution in [0, 0.1) is 0 Å². The van der Waals surface area contributed by atoms with Gasteiger partial charge in [0, 0.05) is 0 Å². The van der Waals surface area contributed by atoms with Gasteiger partial charge in [0.25, 0.3) is 0 Å². The number of benzene rings is 1. The Bertz CT molecular complexity index is 534. The second kappa shape index (κ2) is 6.18. The third-order valence-electron chi connectivity index (χ3n) is 3.07. The van der Waals surface area contributed by atoms with Gasteiger partial charge in [-0.05, 0) is 12.0 Å². The average molecular weight is 259 g/mol. The molecule has 4 heteroatoms. The van der Waals surface area contributed by atoms with Crippen LogP contribution in [0.1, 0.15) is 24.8 Å². The van der Waals surface area contributed by atoms with Gasteiger partial charge in [0.1, 0.15) is 12.4 Å². The zero-order valence-electron chi connectivity index (χ0n) is 11.3. The summed E-state index contributed by atoms with van der Waals surface area (Å²) in [5, 5.41) is 0. The van der Waals surface area contributed by atoms with E-state index in [1.54, 1.807) is 0 Å². The van der Waals surface area contributed by atoms with E-state index in [0.717, 1.165) is 12.0 Å². The summed E-state index contributed by atoms with van der Waals surface area (Å²) >= 11 is 0. The van der Waals surface area contributed by atoms with Gasteiger partial charge in [-0.1, -0.05) is 37.3 Å². The molecular formula is C15H19N2O2+. The molecule has 19 heavy (non-hydrogen) atoms. The van der Waals surface area contributed by atoms with Crippen LogP contribution in [0.15, 0.2) is 49.1 Å². The molecular weight excluding hydrogens is 240 g/mol. The van der Waals surface area contributed by atoms with Crippen LogP contribution in [0.2, 0.25) is 0 Å². The summed E-state index contributed by atoms with van der Waals surface area (Å²) in [5.74, 6) is -0.365. The highest BCUT2D eigenvalue weighted by atomic mass is 16.5. The van der Waals surface area contributed by atoms with Gasteiger partial charge in [-0.25, -0.2) is 9.13 Å². The highest BCUT2D eigenvalue weighted by Crippen LogP contribution is 2.20. The van der Waals surface area contributed by atoms with Gasteiger partial charge in [0.15, 0.2) is 0 Å². The van der Waals surface area contributed by atoms with Crippen molar-refractivity contribution < 1.29 is 14.1 Å². The van der Waals surface area contributed by atoms with Crippen molar-refractivity contribution in [3.63, 3.8) is 0 Å². The van der Waals surface area contributed by atoms with Crippen LogP contribution in [-0.2, 0) is 23.3 Å². The van der Waals surface area contributed by atoms with Crippen LogP contribution in [0.4, 0.5) is 0 Å². The molecule has 1 atom stereocenters. The first-order chi connectivity index (χ1) is 9.20. The van der Waals surface area contributed by atoms with Crippen molar-refractivity contribution in [3.8, 4) is 0 Å².